The molecule has 9 heteroatoms. The zero-order chi connectivity index (χ0) is 15.9. The summed E-state index contributed by atoms with van der Waals surface area (Å²) in [6.45, 7) is 5.76. The smallest absolute Gasteiger partial charge is 0.228 e. The van der Waals surface area contributed by atoms with Crippen LogP contribution in [-0.4, -0.2) is 60.0 Å². The van der Waals surface area contributed by atoms with Crippen LogP contribution in [0.1, 0.15) is 32.2 Å². The molecule has 7 nitrogen and oxygen atoms in total. The number of hydrogen-bond acceptors (Lipinski definition) is 5. The van der Waals surface area contributed by atoms with Crippen molar-refractivity contribution in [1.29, 1.82) is 0 Å². The third-order valence-corrected chi connectivity index (χ3v) is 4.30. The molecule has 1 aliphatic heterocycles. The van der Waals surface area contributed by atoms with E-state index in [1.807, 2.05) is 10.7 Å². The minimum absolute atomic E-state index is 0. The van der Waals surface area contributed by atoms with Crippen LogP contribution in [0.5, 0.6) is 0 Å². The molecule has 1 aromatic heterocycles. The van der Waals surface area contributed by atoms with Crippen molar-refractivity contribution in [3.63, 3.8) is 0 Å². The van der Waals surface area contributed by atoms with Gasteiger partial charge in [0, 0.05) is 32.8 Å². The first-order chi connectivity index (χ1) is 10.7. The molecule has 0 bridgehead atoms. The molecule has 24 heavy (non-hydrogen) atoms. The van der Waals surface area contributed by atoms with Gasteiger partial charge in [0.05, 0.1) is 24.8 Å². The largest absolute Gasteiger partial charge is 0.380 e. The first-order valence-electron chi connectivity index (χ1n) is 7.96. The summed E-state index contributed by atoms with van der Waals surface area (Å²) in [6.07, 6.45) is 3.86. The van der Waals surface area contributed by atoms with Crippen LogP contribution < -0.4 is 11.1 Å². The Balaban J connectivity index is 0.00000264. The van der Waals surface area contributed by atoms with E-state index in [0.717, 1.165) is 38.3 Å². The molecule has 0 spiro atoms. The van der Waals surface area contributed by atoms with Gasteiger partial charge < -0.3 is 20.7 Å². The van der Waals surface area contributed by atoms with E-state index in [2.05, 4.69) is 22.2 Å². The number of rotatable bonds is 7. The lowest BCUT2D eigenvalue weighted by Crippen LogP contribution is -2.35. The number of aromatic nitrogens is 2. The summed E-state index contributed by atoms with van der Waals surface area (Å²) in [5, 5.41) is 7.32. The van der Waals surface area contributed by atoms with Crippen LogP contribution in [-0.2, 0) is 9.53 Å². The van der Waals surface area contributed by atoms with Gasteiger partial charge in [0.1, 0.15) is 5.82 Å². The number of piperidine rings is 1. The summed E-state index contributed by atoms with van der Waals surface area (Å²) in [6, 6.07) is 2.19. The van der Waals surface area contributed by atoms with Crippen molar-refractivity contribution < 1.29 is 9.53 Å². The average molecular weight is 382 g/mol. The normalized spacial score (nSPS) is 16.8. The van der Waals surface area contributed by atoms with Gasteiger partial charge in [-0.15, -0.1) is 24.8 Å². The highest BCUT2D eigenvalue weighted by molar-refractivity contribution is 5.90. The summed E-state index contributed by atoms with van der Waals surface area (Å²) >= 11 is 0. The highest BCUT2D eigenvalue weighted by Gasteiger charge is 2.22. The quantitative estimate of drug-likeness (QED) is 0.750. The lowest BCUT2D eigenvalue weighted by atomic mass is 10.1. The number of carbonyl (C=O) groups excluding carboxylic acids is 1. The molecule has 1 saturated heterocycles. The van der Waals surface area contributed by atoms with Gasteiger partial charge in [-0.1, -0.05) is 6.92 Å². The Labute approximate surface area is 156 Å². The maximum atomic E-state index is 12.1. The molecule has 0 saturated carbocycles. The molecule has 140 valence electrons. The topological polar surface area (TPSA) is 85.4 Å². The highest BCUT2D eigenvalue weighted by atomic mass is 35.5. The van der Waals surface area contributed by atoms with Gasteiger partial charge in [-0.3, -0.25) is 4.79 Å². The average Bonchev–Trinajstić information content (AvgIpc) is 3.00. The lowest BCUT2D eigenvalue weighted by Gasteiger charge is -2.31. The van der Waals surface area contributed by atoms with E-state index >= 15 is 0 Å². The molecule has 2 heterocycles. The first-order valence-corrected chi connectivity index (χ1v) is 7.96. The third-order valence-electron chi connectivity index (χ3n) is 4.30. The Morgan fingerprint density at radius 1 is 1.46 bits per heavy atom. The van der Waals surface area contributed by atoms with Gasteiger partial charge in [0.2, 0.25) is 5.91 Å². The van der Waals surface area contributed by atoms with Gasteiger partial charge in [0.15, 0.2) is 0 Å². The number of nitrogens with zero attached hydrogens (tertiary/aromatic N) is 3. The Morgan fingerprint density at radius 2 is 2.12 bits per heavy atom. The number of halogens is 2. The van der Waals surface area contributed by atoms with Crippen molar-refractivity contribution in [2.45, 2.75) is 38.3 Å². The molecule has 1 aliphatic rings. The minimum atomic E-state index is -0.246. The van der Waals surface area contributed by atoms with Crippen LogP contribution >= 0.6 is 24.8 Å². The Kier molecular flexibility index (Phi) is 11.2. The molecule has 0 aromatic carbocycles. The number of ether oxygens (including phenoxy) is 1. The number of nitrogens with two attached hydrogens (primary N) is 1. The second-order valence-electron chi connectivity index (χ2n) is 5.67. The number of amides is 1. The molecular weight excluding hydrogens is 353 g/mol. The standard InChI is InChI=1S/C15H27N5O2.2ClH/c1-3-19-8-5-12(6-9-19)20-14(4-7-17-20)18-15(21)10-13(11-16)22-2;;/h4,7,12-13H,3,5-6,8-11,16H2,1-2H3,(H,18,21);2*1H. The van der Waals surface area contributed by atoms with Crippen LogP contribution in [0.4, 0.5) is 5.82 Å². The molecule has 3 N–H and O–H groups in total. The van der Waals surface area contributed by atoms with Gasteiger partial charge in [-0.05, 0) is 19.4 Å². The van der Waals surface area contributed by atoms with Crippen LogP contribution in [0, 0.1) is 0 Å². The molecule has 1 amide bonds. The fourth-order valence-electron chi connectivity index (χ4n) is 2.85. The summed E-state index contributed by atoms with van der Waals surface area (Å²) in [4.78, 5) is 14.5. The maximum absolute atomic E-state index is 12.1. The fraction of sp³-hybridized carbons (Fsp3) is 0.733. The van der Waals surface area contributed by atoms with Gasteiger partial charge >= 0.3 is 0 Å². The molecule has 0 aliphatic carbocycles. The second-order valence-corrected chi connectivity index (χ2v) is 5.67. The molecule has 0 radical (unpaired) electrons. The molecule has 1 fully saturated rings. The van der Waals surface area contributed by atoms with E-state index in [1.54, 1.807) is 13.3 Å². The zero-order valence-electron chi connectivity index (χ0n) is 14.3. The molecule has 1 aromatic rings. The van der Waals surface area contributed by atoms with Crippen LogP contribution in [0.25, 0.3) is 0 Å². The lowest BCUT2D eigenvalue weighted by molar-refractivity contribution is -0.118. The van der Waals surface area contributed by atoms with E-state index in [9.17, 15) is 4.79 Å². The fourth-order valence-corrected chi connectivity index (χ4v) is 2.85. The number of nitrogens with one attached hydrogen (secondary N) is 1. The van der Waals surface area contributed by atoms with Gasteiger partial charge in [-0.25, -0.2) is 4.68 Å². The van der Waals surface area contributed by atoms with Crippen LogP contribution in [0.2, 0.25) is 0 Å². The Bertz CT molecular complexity index is 474. The number of methoxy groups -OCH3 is 1. The van der Waals surface area contributed by atoms with E-state index < -0.39 is 0 Å². The van der Waals surface area contributed by atoms with Crippen molar-refractivity contribution >= 4 is 36.5 Å². The van der Waals surface area contributed by atoms with E-state index in [4.69, 9.17) is 10.5 Å². The van der Waals surface area contributed by atoms with E-state index in [-0.39, 0.29) is 43.2 Å². The molecule has 2 rings (SSSR count). The van der Waals surface area contributed by atoms with Crippen molar-refractivity contribution in [2.75, 3.05) is 38.6 Å². The summed E-state index contributed by atoms with van der Waals surface area (Å²) in [5.41, 5.74) is 5.55. The van der Waals surface area contributed by atoms with Crippen molar-refractivity contribution in [3.05, 3.63) is 12.3 Å². The Hall–Kier alpha value is -0.860. The number of anilines is 1. The number of likely N-dealkylation sites (tertiary alicyclic amines) is 1. The Morgan fingerprint density at radius 3 is 2.67 bits per heavy atom. The van der Waals surface area contributed by atoms with Gasteiger partial charge in [0.25, 0.3) is 0 Å². The van der Waals surface area contributed by atoms with E-state index in [1.165, 1.54) is 0 Å². The van der Waals surface area contributed by atoms with Crippen LogP contribution in [0.15, 0.2) is 12.3 Å². The molecule has 1 unspecified atom stereocenters. The highest BCUT2D eigenvalue weighted by Crippen LogP contribution is 2.25. The number of carbonyl (C=O) groups is 1. The van der Waals surface area contributed by atoms with Crippen LogP contribution in [0.3, 0.4) is 0 Å². The van der Waals surface area contributed by atoms with Crippen molar-refractivity contribution in [2.24, 2.45) is 5.73 Å². The van der Waals surface area contributed by atoms with E-state index in [0.29, 0.717) is 12.6 Å². The second kappa shape index (κ2) is 11.7. The molecule has 1 atom stereocenters. The monoisotopic (exact) mass is 381 g/mol. The minimum Gasteiger partial charge on any atom is -0.380 e. The number of hydrogen-bond donors (Lipinski definition) is 2. The van der Waals surface area contributed by atoms with Gasteiger partial charge in [-0.2, -0.15) is 5.10 Å². The maximum Gasteiger partial charge on any atom is 0.228 e. The predicted octanol–water partition coefficient (Wildman–Crippen LogP) is 1.69. The summed E-state index contributed by atoms with van der Waals surface area (Å²) < 4.78 is 7.09. The molecular formula is C15H29Cl2N5O2. The predicted molar refractivity (Wildman–Crippen MR) is 100 cm³/mol. The third kappa shape index (κ3) is 6.22. The van der Waals surface area contributed by atoms with Crippen molar-refractivity contribution in [3.8, 4) is 0 Å². The first kappa shape index (κ1) is 23.1. The zero-order valence-corrected chi connectivity index (χ0v) is 15.9. The van der Waals surface area contributed by atoms with Crippen molar-refractivity contribution in [1.82, 2.24) is 14.7 Å². The summed E-state index contributed by atoms with van der Waals surface area (Å²) in [5.74, 6) is 0.664. The SMILES string of the molecule is CCN1CCC(n2nccc2NC(=O)CC(CN)OC)CC1.Cl.Cl. The summed E-state index contributed by atoms with van der Waals surface area (Å²) in [7, 11) is 1.57.